The maximum Gasteiger partial charge on any atom is 0.216 e. The number of carbonyl (C=O) groups is 1. The Bertz CT molecular complexity index is 136. The average Bonchev–Trinajstić information content (AvgIpc) is 1.84. The minimum atomic E-state index is -0.787. The summed E-state index contributed by atoms with van der Waals surface area (Å²) >= 11 is 1.56. The van der Waals surface area contributed by atoms with Gasteiger partial charge in [0.1, 0.15) is 0 Å². The highest BCUT2D eigenvalue weighted by Crippen LogP contribution is 2.08. The smallest absolute Gasteiger partial charge is 0.216 e. The van der Waals surface area contributed by atoms with E-state index < -0.39 is 5.60 Å². The minimum Gasteiger partial charge on any atom is -0.387 e. The molecule has 0 aliphatic carbocycles. The second-order valence-corrected chi connectivity index (χ2v) is 3.71. The van der Waals surface area contributed by atoms with Gasteiger partial charge < -0.3 is 10.4 Å². The third-order valence-electron chi connectivity index (χ3n) is 1.17. The molecule has 1 amide bonds. The van der Waals surface area contributed by atoms with E-state index in [1.165, 1.54) is 6.92 Å². The summed E-state index contributed by atoms with van der Waals surface area (Å²) in [5, 5.41) is 12.1. The number of aliphatic hydroxyl groups is 1. The Balaban J connectivity index is 3.63. The Morgan fingerprint density at radius 1 is 1.73 bits per heavy atom. The van der Waals surface area contributed by atoms with Gasteiger partial charge in [0.15, 0.2) is 0 Å². The molecule has 11 heavy (non-hydrogen) atoms. The summed E-state index contributed by atoms with van der Waals surface area (Å²) in [6.07, 6.45) is 1.92. The van der Waals surface area contributed by atoms with Gasteiger partial charge in [0.25, 0.3) is 0 Å². The lowest BCUT2D eigenvalue weighted by Gasteiger charge is -2.21. The van der Waals surface area contributed by atoms with Gasteiger partial charge in [-0.05, 0) is 13.2 Å². The van der Waals surface area contributed by atoms with E-state index in [0.29, 0.717) is 12.3 Å². The molecule has 66 valence electrons. The van der Waals surface area contributed by atoms with Crippen molar-refractivity contribution in [2.45, 2.75) is 19.4 Å². The van der Waals surface area contributed by atoms with Crippen molar-refractivity contribution in [3.05, 3.63) is 0 Å². The van der Waals surface area contributed by atoms with Crippen LogP contribution in [0.5, 0.6) is 0 Å². The van der Waals surface area contributed by atoms with E-state index in [1.54, 1.807) is 18.7 Å². The lowest BCUT2D eigenvalue weighted by Crippen LogP contribution is -2.41. The highest BCUT2D eigenvalue weighted by Gasteiger charge is 2.19. The summed E-state index contributed by atoms with van der Waals surface area (Å²) in [5.74, 6) is 0.527. The molecule has 0 aromatic carbocycles. The first kappa shape index (κ1) is 10.8. The Labute approximate surface area is 71.6 Å². The van der Waals surface area contributed by atoms with Crippen molar-refractivity contribution in [2.24, 2.45) is 0 Å². The van der Waals surface area contributed by atoms with E-state index in [9.17, 15) is 9.90 Å². The quantitative estimate of drug-likeness (QED) is 0.646. The van der Waals surface area contributed by atoms with Gasteiger partial charge in [-0.1, -0.05) is 0 Å². The summed E-state index contributed by atoms with van der Waals surface area (Å²) in [5.41, 5.74) is -0.787. The van der Waals surface area contributed by atoms with Crippen LogP contribution < -0.4 is 5.32 Å². The summed E-state index contributed by atoms with van der Waals surface area (Å²) in [6.45, 7) is 3.47. The molecule has 0 heterocycles. The normalized spacial score (nSPS) is 15.6. The maximum absolute atomic E-state index is 10.5. The standard InChI is InChI=1S/C7H15NO2S/c1-6(9)8-4-7(2,10)5-11-3/h10H,4-5H2,1-3H3,(H,8,9). The highest BCUT2D eigenvalue weighted by atomic mass is 32.2. The zero-order valence-electron chi connectivity index (χ0n) is 7.18. The van der Waals surface area contributed by atoms with Crippen molar-refractivity contribution in [3.8, 4) is 0 Å². The van der Waals surface area contributed by atoms with Crippen LogP contribution in [0.15, 0.2) is 0 Å². The van der Waals surface area contributed by atoms with Crippen LogP contribution in [0, 0.1) is 0 Å². The minimum absolute atomic E-state index is 0.105. The molecule has 0 aromatic heterocycles. The van der Waals surface area contributed by atoms with Gasteiger partial charge in [0.05, 0.1) is 5.60 Å². The fourth-order valence-corrected chi connectivity index (χ4v) is 1.40. The Kier molecular flexibility index (Phi) is 4.52. The van der Waals surface area contributed by atoms with E-state index in [-0.39, 0.29) is 5.91 Å². The van der Waals surface area contributed by atoms with Crippen LogP contribution in [-0.2, 0) is 4.79 Å². The molecule has 4 heteroatoms. The summed E-state index contributed by atoms with van der Waals surface area (Å²) in [4.78, 5) is 10.5. The third-order valence-corrected chi connectivity index (χ3v) is 2.08. The van der Waals surface area contributed by atoms with E-state index in [1.807, 2.05) is 6.26 Å². The Morgan fingerprint density at radius 3 is 2.64 bits per heavy atom. The van der Waals surface area contributed by atoms with E-state index >= 15 is 0 Å². The summed E-state index contributed by atoms with van der Waals surface area (Å²) in [7, 11) is 0. The molecule has 3 nitrogen and oxygen atoms in total. The molecule has 1 unspecified atom stereocenters. The highest BCUT2D eigenvalue weighted by molar-refractivity contribution is 7.98. The molecule has 0 rings (SSSR count). The van der Waals surface area contributed by atoms with Gasteiger partial charge in [0.2, 0.25) is 5.91 Å². The number of carbonyl (C=O) groups excluding carboxylic acids is 1. The van der Waals surface area contributed by atoms with E-state index in [2.05, 4.69) is 5.32 Å². The second kappa shape index (κ2) is 4.62. The molecule has 0 radical (unpaired) electrons. The molecule has 2 N–H and O–H groups in total. The predicted octanol–water partition coefficient (Wildman–Crippen LogP) is 0.236. The zero-order valence-corrected chi connectivity index (χ0v) is 7.99. The second-order valence-electron chi connectivity index (χ2n) is 2.84. The van der Waals surface area contributed by atoms with Crippen LogP contribution in [-0.4, -0.2) is 35.2 Å². The SMILES string of the molecule is CSCC(C)(O)CNC(C)=O. The van der Waals surface area contributed by atoms with Crippen LogP contribution in [0.3, 0.4) is 0 Å². The van der Waals surface area contributed by atoms with Gasteiger partial charge in [-0.2, -0.15) is 11.8 Å². The number of nitrogens with one attached hydrogen (secondary N) is 1. The summed E-state index contributed by atoms with van der Waals surface area (Å²) < 4.78 is 0. The van der Waals surface area contributed by atoms with Crippen LogP contribution in [0.1, 0.15) is 13.8 Å². The largest absolute Gasteiger partial charge is 0.387 e. The van der Waals surface area contributed by atoms with Gasteiger partial charge in [-0.3, -0.25) is 4.79 Å². The van der Waals surface area contributed by atoms with Crippen LogP contribution in [0.25, 0.3) is 0 Å². The van der Waals surface area contributed by atoms with Crippen LogP contribution in [0.2, 0.25) is 0 Å². The maximum atomic E-state index is 10.5. The first-order valence-corrected chi connectivity index (χ1v) is 4.83. The zero-order chi connectivity index (χ0) is 8.91. The predicted molar refractivity (Wildman–Crippen MR) is 47.7 cm³/mol. The monoisotopic (exact) mass is 177 g/mol. The van der Waals surface area contributed by atoms with Crippen molar-refractivity contribution in [1.82, 2.24) is 5.32 Å². The number of thioether (sulfide) groups is 1. The van der Waals surface area contributed by atoms with Crippen LogP contribution >= 0.6 is 11.8 Å². The third kappa shape index (κ3) is 6.19. The Morgan fingerprint density at radius 2 is 2.27 bits per heavy atom. The van der Waals surface area contributed by atoms with Gasteiger partial charge in [-0.15, -0.1) is 0 Å². The van der Waals surface area contributed by atoms with E-state index in [0.717, 1.165) is 0 Å². The molecule has 1 atom stereocenters. The van der Waals surface area contributed by atoms with Crippen molar-refractivity contribution in [2.75, 3.05) is 18.6 Å². The molecular formula is C7H15NO2S. The first-order valence-electron chi connectivity index (χ1n) is 3.44. The molecule has 0 aliphatic heterocycles. The Hall–Kier alpha value is -0.220. The number of hydrogen-bond acceptors (Lipinski definition) is 3. The number of rotatable bonds is 4. The topological polar surface area (TPSA) is 49.3 Å². The molecule has 0 fully saturated rings. The van der Waals surface area contributed by atoms with Crippen molar-refractivity contribution in [3.63, 3.8) is 0 Å². The van der Waals surface area contributed by atoms with Crippen molar-refractivity contribution in [1.29, 1.82) is 0 Å². The average molecular weight is 177 g/mol. The number of amides is 1. The van der Waals surface area contributed by atoms with Crippen molar-refractivity contribution >= 4 is 17.7 Å². The van der Waals surface area contributed by atoms with Gasteiger partial charge >= 0.3 is 0 Å². The fraction of sp³-hybridized carbons (Fsp3) is 0.857. The van der Waals surface area contributed by atoms with Gasteiger partial charge in [-0.25, -0.2) is 0 Å². The first-order chi connectivity index (χ1) is 4.98. The summed E-state index contributed by atoms with van der Waals surface area (Å²) in [6, 6.07) is 0. The van der Waals surface area contributed by atoms with Crippen molar-refractivity contribution < 1.29 is 9.90 Å². The lowest BCUT2D eigenvalue weighted by atomic mass is 10.1. The molecule has 0 saturated carbocycles. The lowest BCUT2D eigenvalue weighted by molar-refractivity contribution is -0.119. The molecule has 0 spiro atoms. The molecule has 0 aliphatic rings. The fourth-order valence-electron chi connectivity index (χ4n) is 0.677. The number of hydrogen-bond donors (Lipinski definition) is 2. The van der Waals surface area contributed by atoms with Crippen LogP contribution in [0.4, 0.5) is 0 Å². The molecule has 0 aromatic rings. The van der Waals surface area contributed by atoms with Gasteiger partial charge in [0, 0.05) is 19.2 Å². The van der Waals surface area contributed by atoms with E-state index in [4.69, 9.17) is 0 Å². The molecule has 0 saturated heterocycles. The molecular weight excluding hydrogens is 162 g/mol. The molecule has 0 bridgehead atoms.